The van der Waals surface area contributed by atoms with Gasteiger partial charge in [0, 0.05) is 21.8 Å². The molecule has 1 amide bonds. The largest absolute Gasteiger partial charge is 0.497 e. The van der Waals surface area contributed by atoms with Crippen molar-refractivity contribution in [1.82, 2.24) is 0 Å². The first kappa shape index (κ1) is 23.5. The summed E-state index contributed by atoms with van der Waals surface area (Å²) < 4.78 is 5.32. The van der Waals surface area contributed by atoms with E-state index < -0.39 is 0 Å². The molecule has 4 rings (SSSR count). The average molecular weight is 481 g/mol. The minimum Gasteiger partial charge on any atom is -0.497 e. The van der Waals surface area contributed by atoms with Gasteiger partial charge in [0.05, 0.1) is 12.7 Å². The summed E-state index contributed by atoms with van der Waals surface area (Å²) in [5, 5.41) is 4.36. The number of benzene rings is 2. The Bertz CT molecular complexity index is 1190. The molecule has 1 atom stereocenters. The van der Waals surface area contributed by atoms with Gasteiger partial charge in [-0.3, -0.25) is 4.79 Å². The van der Waals surface area contributed by atoms with Crippen LogP contribution in [0.25, 0.3) is 0 Å². The molecule has 6 heteroatoms. The number of carbonyl (C=O) groups excluding carboxylic acids is 1. The van der Waals surface area contributed by atoms with Crippen molar-refractivity contribution in [3.8, 4) is 5.75 Å². The number of carbonyl (C=O) groups is 1. The number of fused-ring (bicyclic) bond motifs is 1. The zero-order chi connectivity index (χ0) is 23.6. The number of hydrogen-bond donors (Lipinski definition) is 1. The maximum atomic E-state index is 13.4. The van der Waals surface area contributed by atoms with Crippen LogP contribution in [0.3, 0.4) is 0 Å². The van der Waals surface area contributed by atoms with Crippen LogP contribution >= 0.6 is 22.9 Å². The van der Waals surface area contributed by atoms with Gasteiger partial charge in [-0.1, -0.05) is 50.6 Å². The molecule has 1 N–H and O–H groups in total. The van der Waals surface area contributed by atoms with Gasteiger partial charge in [0.15, 0.2) is 0 Å². The van der Waals surface area contributed by atoms with E-state index in [1.165, 1.54) is 4.88 Å². The van der Waals surface area contributed by atoms with Gasteiger partial charge in [0.25, 0.3) is 5.91 Å². The Morgan fingerprint density at radius 3 is 2.73 bits per heavy atom. The Balaban J connectivity index is 1.70. The number of nitrogens with one attached hydrogen (secondary N) is 1. The molecule has 1 aromatic heterocycles. The predicted molar refractivity (Wildman–Crippen MR) is 139 cm³/mol. The summed E-state index contributed by atoms with van der Waals surface area (Å²) in [4.78, 5) is 19.5. The van der Waals surface area contributed by atoms with Crippen molar-refractivity contribution >= 4 is 45.7 Å². The van der Waals surface area contributed by atoms with Gasteiger partial charge >= 0.3 is 0 Å². The van der Waals surface area contributed by atoms with Crippen molar-refractivity contribution in [2.75, 3.05) is 12.4 Å². The van der Waals surface area contributed by atoms with E-state index >= 15 is 0 Å². The number of halogens is 1. The van der Waals surface area contributed by atoms with Crippen LogP contribution < -0.4 is 10.1 Å². The van der Waals surface area contributed by atoms with Crippen LogP contribution in [0.5, 0.6) is 5.75 Å². The number of nitrogens with zero attached hydrogens (tertiary/aromatic N) is 1. The third-order valence-corrected chi connectivity index (χ3v) is 7.60. The van der Waals surface area contributed by atoms with E-state index in [0.29, 0.717) is 22.2 Å². The fraction of sp³-hybridized carbons (Fsp3) is 0.333. The summed E-state index contributed by atoms with van der Waals surface area (Å²) in [6.45, 7) is 6.89. The van der Waals surface area contributed by atoms with E-state index in [0.717, 1.165) is 41.1 Å². The Morgan fingerprint density at radius 2 is 2.00 bits per heavy atom. The maximum Gasteiger partial charge on any atom is 0.259 e. The minimum atomic E-state index is -0.137. The Hall–Kier alpha value is -2.63. The number of methoxy groups -OCH3 is 1. The lowest BCUT2D eigenvalue weighted by molar-refractivity contribution is 0.102. The fourth-order valence-corrected chi connectivity index (χ4v) is 5.71. The smallest absolute Gasteiger partial charge is 0.259 e. The molecular weight excluding hydrogens is 452 g/mol. The van der Waals surface area contributed by atoms with Crippen LogP contribution in [0.4, 0.5) is 10.7 Å². The summed E-state index contributed by atoms with van der Waals surface area (Å²) in [7, 11) is 1.65. The van der Waals surface area contributed by atoms with Gasteiger partial charge in [0.2, 0.25) is 0 Å². The molecule has 4 nitrogen and oxygen atoms in total. The number of amides is 1. The number of rotatable bonds is 5. The molecule has 172 valence electrons. The van der Waals surface area contributed by atoms with E-state index in [4.69, 9.17) is 21.3 Å². The minimum absolute atomic E-state index is 0.137. The first-order chi connectivity index (χ1) is 15.7. The molecule has 0 aliphatic heterocycles. The maximum absolute atomic E-state index is 13.4. The van der Waals surface area contributed by atoms with Gasteiger partial charge in [-0.25, -0.2) is 4.99 Å². The first-order valence-corrected chi connectivity index (χ1v) is 12.3. The molecule has 0 bridgehead atoms. The fourth-order valence-electron chi connectivity index (χ4n) is 4.25. The van der Waals surface area contributed by atoms with Gasteiger partial charge in [-0.2, -0.15) is 0 Å². The lowest BCUT2D eigenvalue weighted by atomic mass is 9.72. The lowest BCUT2D eigenvalue weighted by Crippen LogP contribution is -2.27. The van der Waals surface area contributed by atoms with Crippen molar-refractivity contribution in [2.45, 2.75) is 40.0 Å². The predicted octanol–water partition coefficient (Wildman–Crippen LogP) is 7.56. The monoisotopic (exact) mass is 480 g/mol. The van der Waals surface area contributed by atoms with Crippen LogP contribution in [0.2, 0.25) is 5.02 Å². The van der Waals surface area contributed by atoms with Crippen LogP contribution in [0.1, 0.15) is 53.6 Å². The van der Waals surface area contributed by atoms with Crippen LogP contribution in [-0.2, 0) is 12.8 Å². The van der Waals surface area contributed by atoms with Gasteiger partial charge < -0.3 is 10.1 Å². The summed E-state index contributed by atoms with van der Waals surface area (Å²) >= 11 is 7.75. The molecule has 1 aliphatic carbocycles. The second kappa shape index (κ2) is 9.70. The molecule has 2 aromatic carbocycles. The normalized spacial score (nSPS) is 16.0. The number of hydrogen-bond acceptors (Lipinski definition) is 4. The SMILES string of the molecule is COc1cccc(/C=N/c2sc3c(c2C(=O)Nc2cccc(Cl)c2)CCC(C(C)(C)C)C3)c1. The quantitative estimate of drug-likeness (QED) is 0.383. The Kier molecular flexibility index (Phi) is 6.91. The molecule has 33 heavy (non-hydrogen) atoms. The van der Waals surface area contributed by atoms with Gasteiger partial charge in [-0.15, -0.1) is 11.3 Å². The Morgan fingerprint density at radius 1 is 1.21 bits per heavy atom. The second-order valence-electron chi connectivity index (χ2n) is 9.49. The highest BCUT2D eigenvalue weighted by atomic mass is 35.5. The van der Waals surface area contributed by atoms with E-state index in [9.17, 15) is 4.79 Å². The highest BCUT2D eigenvalue weighted by molar-refractivity contribution is 7.16. The van der Waals surface area contributed by atoms with Crippen molar-refractivity contribution in [1.29, 1.82) is 0 Å². The summed E-state index contributed by atoms with van der Waals surface area (Å²) in [5.74, 6) is 1.22. The molecule has 0 saturated heterocycles. The van der Waals surface area contributed by atoms with Crippen LogP contribution in [-0.4, -0.2) is 19.2 Å². The second-order valence-corrected chi connectivity index (χ2v) is 11.0. The Labute approximate surface area is 204 Å². The van der Waals surface area contributed by atoms with Gasteiger partial charge in [-0.05, 0) is 72.1 Å². The number of anilines is 1. The third kappa shape index (κ3) is 5.48. The molecular formula is C27H29ClN2O2S. The summed E-state index contributed by atoms with van der Waals surface area (Å²) in [6, 6.07) is 15.0. The molecule has 3 aromatic rings. The highest BCUT2D eigenvalue weighted by Crippen LogP contribution is 2.45. The number of thiophene rings is 1. The van der Waals surface area contributed by atoms with Crippen molar-refractivity contribution in [3.63, 3.8) is 0 Å². The molecule has 0 saturated carbocycles. The standard InChI is InChI=1S/C27H29ClN2O2S/c1-27(2,3)18-11-12-22-23(14-18)33-26(29-16-17-7-5-10-21(13-17)32-4)24(22)25(31)30-20-9-6-8-19(28)15-20/h5-10,13,15-16,18H,11-12,14H2,1-4H3,(H,30,31)/b29-16+. The van der Waals surface area contributed by atoms with Crippen molar-refractivity contribution in [3.05, 3.63) is 75.1 Å². The zero-order valence-corrected chi connectivity index (χ0v) is 21.0. The van der Waals surface area contributed by atoms with E-state index in [2.05, 4.69) is 26.1 Å². The highest BCUT2D eigenvalue weighted by Gasteiger charge is 2.33. The van der Waals surface area contributed by atoms with Crippen molar-refractivity contribution < 1.29 is 9.53 Å². The molecule has 0 spiro atoms. The number of aliphatic imine (C=N–C) groups is 1. The summed E-state index contributed by atoms with van der Waals surface area (Å²) in [5.41, 5.74) is 3.65. The topological polar surface area (TPSA) is 50.7 Å². The van der Waals surface area contributed by atoms with E-state index in [-0.39, 0.29) is 11.3 Å². The first-order valence-electron chi connectivity index (χ1n) is 11.1. The molecule has 0 fully saturated rings. The zero-order valence-electron chi connectivity index (χ0n) is 19.4. The lowest BCUT2D eigenvalue weighted by Gasteiger charge is -2.33. The summed E-state index contributed by atoms with van der Waals surface area (Å²) in [6.07, 6.45) is 4.75. The van der Waals surface area contributed by atoms with Crippen molar-refractivity contribution in [2.24, 2.45) is 16.3 Å². The molecule has 1 heterocycles. The molecule has 0 radical (unpaired) electrons. The van der Waals surface area contributed by atoms with Crippen LogP contribution in [0, 0.1) is 11.3 Å². The average Bonchev–Trinajstić information content (AvgIpc) is 3.15. The molecule has 1 unspecified atom stereocenters. The van der Waals surface area contributed by atoms with E-state index in [1.54, 1.807) is 36.8 Å². The number of ether oxygens (including phenoxy) is 1. The molecule has 1 aliphatic rings. The third-order valence-electron chi connectivity index (χ3n) is 6.21. The van der Waals surface area contributed by atoms with E-state index in [1.807, 2.05) is 36.4 Å². The van der Waals surface area contributed by atoms with Gasteiger partial charge in [0.1, 0.15) is 10.8 Å². The van der Waals surface area contributed by atoms with Crippen LogP contribution in [0.15, 0.2) is 53.5 Å².